The van der Waals surface area contributed by atoms with Gasteiger partial charge in [0.25, 0.3) is 0 Å². The molecule has 1 unspecified atom stereocenters. The molecule has 0 saturated carbocycles. The second-order valence-electron chi connectivity index (χ2n) is 5.39. The SMILES string of the molecule is C=C(C)C(=O)OC1(O)O[C@H](CO)[C@@H](O)[C@H](O)[C@@]1(O)OC(=O)C(=C)C. The molecule has 10 nitrogen and oxygen atoms in total. The highest BCUT2D eigenvalue weighted by molar-refractivity contribution is 5.88. The number of rotatable bonds is 5. The lowest BCUT2D eigenvalue weighted by Gasteiger charge is -2.49. The molecule has 5 N–H and O–H groups in total. The molecule has 0 bridgehead atoms. The second-order valence-corrected chi connectivity index (χ2v) is 5.39. The number of aliphatic hydroxyl groups excluding tert-OH is 3. The molecule has 0 aromatic heterocycles. The molecule has 5 atom stereocenters. The Hall–Kier alpha value is -1.82. The molecule has 10 heteroatoms. The molecule has 24 heavy (non-hydrogen) atoms. The summed E-state index contributed by atoms with van der Waals surface area (Å²) in [5.41, 5.74) is -0.454. The van der Waals surface area contributed by atoms with Crippen LogP contribution in [0.5, 0.6) is 0 Å². The number of carbonyl (C=O) groups excluding carboxylic acids is 2. The van der Waals surface area contributed by atoms with Gasteiger partial charge in [0.15, 0.2) is 6.10 Å². The standard InChI is InChI=1S/C14H20O10/c1-6(2)11(18)23-13(20)10(17)9(16)8(5-15)22-14(13,21)24-12(19)7(3)4/h8-10,15-17,20-21H,1,3,5H2,2,4H3/t8-,9-,10+,13-,14?/m1/s1. The summed E-state index contributed by atoms with van der Waals surface area (Å²) in [7, 11) is 0. The quantitative estimate of drug-likeness (QED) is 0.207. The van der Waals surface area contributed by atoms with Crippen molar-refractivity contribution in [3.63, 3.8) is 0 Å². The van der Waals surface area contributed by atoms with Crippen LogP contribution in [0, 0.1) is 0 Å². The number of esters is 2. The van der Waals surface area contributed by atoms with Crippen LogP contribution < -0.4 is 0 Å². The van der Waals surface area contributed by atoms with E-state index >= 15 is 0 Å². The van der Waals surface area contributed by atoms with Crippen molar-refractivity contribution in [1.29, 1.82) is 0 Å². The van der Waals surface area contributed by atoms with Gasteiger partial charge in [0.1, 0.15) is 12.2 Å². The number of aliphatic hydroxyl groups is 5. The van der Waals surface area contributed by atoms with E-state index in [1.165, 1.54) is 13.8 Å². The zero-order chi connectivity index (χ0) is 18.9. The van der Waals surface area contributed by atoms with E-state index in [9.17, 15) is 30.0 Å². The van der Waals surface area contributed by atoms with Crippen molar-refractivity contribution in [1.82, 2.24) is 0 Å². The fourth-order valence-corrected chi connectivity index (χ4v) is 1.79. The summed E-state index contributed by atoms with van der Waals surface area (Å²) in [6.07, 6.45) is -6.04. The van der Waals surface area contributed by atoms with Crippen molar-refractivity contribution in [3.8, 4) is 0 Å². The summed E-state index contributed by atoms with van der Waals surface area (Å²) in [6.45, 7) is 8.00. The predicted molar refractivity (Wildman–Crippen MR) is 75.7 cm³/mol. The van der Waals surface area contributed by atoms with Crippen LogP contribution in [0.3, 0.4) is 0 Å². The molecular weight excluding hydrogens is 328 g/mol. The molecule has 0 aliphatic carbocycles. The van der Waals surface area contributed by atoms with E-state index in [0.29, 0.717) is 0 Å². The first kappa shape index (κ1) is 20.2. The highest BCUT2D eigenvalue weighted by atomic mass is 16.9. The Balaban J connectivity index is 3.34. The fraction of sp³-hybridized carbons (Fsp3) is 0.571. The molecule has 1 saturated heterocycles. The van der Waals surface area contributed by atoms with Gasteiger partial charge in [-0.2, -0.15) is 0 Å². The Kier molecular flexibility index (Phi) is 5.87. The Morgan fingerprint density at radius 2 is 1.54 bits per heavy atom. The highest BCUT2D eigenvalue weighted by Crippen LogP contribution is 2.39. The molecule has 0 amide bonds. The Morgan fingerprint density at radius 3 is 1.96 bits per heavy atom. The minimum atomic E-state index is -3.43. The first-order valence-corrected chi connectivity index (χ1v) is 6.77. The Labute approximate surface area is 137 Å². The zero-order valence-corrected chi connectivity index (χ0v) is 13.1. The summed E-state index contributed by atoms with van der Waals surface area (Å²) in [5.74, 6) is -9.37. The van der Waals surface area contributed by atoms with E-state index < -0.39 is 48.6 Å². The molecular formula is C14H20O10. The summed E-state index contributed by atoms with van der Waals surface area (Å²) >= 11 is 0. The normalized spacial score (nSPS) is 35.9. The molecule has 1 aliphatic heterocycles. The van der Waals surface area contributed by atoms with Crippen LogP contribution in [0.25, 0.3) is 0 Å². The topological polar surface area (TPSA) is 163 Å². The molecule has 0 radical (unpaired) electrons. The second kappa shape index (κ2) is 6.97. The number of hydrogen-bond acceptors (Lipinski definition) is 10. The van der Waals surface area contributed by atoms with Crippen molar-refractivity contribution in [2.24, 2.45) is 0 Å². The minimum absolute atomic E-state index is 0.221. The first-order valence-electron chi connectivity index (χ1n) is 6.77. The first-order chi connectivity index (χ1) is 10.9. The molecule has 1 heterocycles. The third-order valence-electron chi connectivity index (χ3n) is 3.23. The average Bonchev–Trinajstić information content (AvgIpc) is 2.49. The van der Waals surface area contributed by atoms with Gasteiger partial charge in [-0.1, -0.05) is 13.2 Å². The van der Waals surface area contributed by atoms with E-state index in [-0.39, 0.29) is 11.1 Å². The van der Waals surface area contributed by atoms with Crippen LogP contribution in [-0.2, 0) is 23.8 Å². The van der Waals surface area contributed by atoms with Crippen molar-refractivity contribution in [2.45, 2.75) is 43.9 Å². The summed E-state index contributed by atoms with van der Waals surface area (Å²) in [6, 6.07) is 0. The molecule has 1 rings (SSSR count). The van der Waals surface area contributed by atoms with Gasteiger partial charge >= 0.3 is 23.7 Å². The third-order valence-corrected chi connectivity index (χ3v) is 3.23. The maximum atomic E-state index is 11.7. The summed E-state index contributed by atoms with van der Waals surface area (Å²) < 4.78 is 13.9. The van der Waals surface area contributed by atoms with Gasteiger partial charge in [0, 0.05) is 11.1 Å². The molecule has 1 aliphatic rings. The largest absolute Gasteiger partial charge is 0.417 e. The number of ether oxygens (including phenoxy) is 3. The zero-order valence-electron chi connectivity index (χ0n) is 13.1. The van der Waals surface area contributed by atoms with Crippen molar-refractivity contribution in [3.05, 3.63) is 24.3 Å². The lowest BCUT2D eigenvalue weighted by Crippen LogP contribution is -2.75. The van der Waals surface area contributed by atoms with Crippen LogP contribution in [0.15, 0.2) is 24.3 Å². The minimum Gasteiger partial charge on any atom is -0.417 e. The van der Waals surface area contributed by atoms with Gasteiger partial charge in [-0.25, -0.2) is 9.59 Å². The van der Waals surface area contributed by atoms with Crippen LogP contribution in [0.1, 0.15) is 13.8 Å². The Bertz CT molecular complexity index is 558. The van der Waals surface area contributed by atoms with Gasteiger partial charge in [-0.15, -0.1) is 0 Å². The smallest absolute Gasteiger partial charge is 0.400 e. The predicted octanol–water partition coefficient (Wildman–Crippen LogP) is -2.33. The van der Waals surface area contributed by atoms with Gasteiger partial charge in [0.2, 0.25) is 0 Å². The van der Waals surface area contributed by atoms with Gasteiger partial charge in [-0.3, -0.25) is 0 Å². The Morgan fingerprint density at radius 1 is 1.08 bits per heavy atom. The van der Waals surface area contributed by atoms with Crippen LogP contribution in [-0.4, -0.2) is 74.2 Å². The molecule has 1 fully saturated rings. The summed E-state index contributed by atoms with van der Waals surface area (Å²) in [4.78, 5) is 23.3. The number of hydrogen-bond donors (Lipinski definition) is 5. The van der Waals surface area contributed by atoms with E-state index in [2.05, 4.69) is 22.6 Å². The third kappa shape index (κ3) is 3.48. The fourth-order valence-electron chi connectivity index (χ4n) is 1.79. The monoisotopic (exact) mass is 348 g/mol. The molecule has 0 aromatic carbocycles. The lowest BCUT2D eigenvalue weighted by molar-refractivity contribution is -0.510. The van der Waals surface area contributed by atoms with E-state index in [1.807, 2.05) is 0 Å². The molecule has 0 aromatic rings. The van der Waals surface area contributed by atoms with Crippen LogP contribution >= 0.6 is 0 Å². The number of carbonyl (C=O) groups is 2. The van der Waals surface area contributed by atoms with Gasteiger partial charge in [0.05, 0.1) is 6.61 Å². The van der Waals surface area contributed by atoms with Gasteiger partial charge < -0.3 is 39.7 Å². The molecule has 0 spiro atoms. The highest BCUT2D eigenvalue weighted by Gasteiger charge is 2.70. The van der Waals surface area contributed by atoms with Gasteiger partial charge in [-0.05, 0) is 13.8 Å². The van der Waals surface area contributed by atoms with E-state index in [4.69, 9.17) is 9.84 Å². The van der Waals surface area contributed by atoms with Crippen molar-refractivity contribution < 1.29 is 49.3 Å². The average molecular weight is 348 g/mol. The van der Waals surface area contributed by atoms with Crippen molar-refractivity contribution in [2.75, 3.05) is 6.61 Å². The lowest BCUT2D eigenvalue weighted by atomic mass is 9.94. The van der Waals surface area contributed by atoms with E-state index in [1.54, 1.807) is 0 Å². The van der Waals surface area contributed by atoms with Crippen LogP contribution in [0.4, 0.5) is 0 Å². The molecule has 136 valence electrons. The maximum Gasteiger partial charge on any atom is 0.400 e. The summed E-state index contributed by atoms with van der Waals surface area (Å²) in [5, 5.41) is 49.8. The maximum absolute atomic E-state index is 11.7. The van der Waals surface area contributed by atoms with Crippen LogP contribution in [0.2, 0.25) is 0 Å². The van der Waals surface area contributed by atoms with E-state index in [0.717, 1.165) is 0 Å². The van der Waals surface area contributed by atoms with Crippen molar-refractivity contribution >= 4 is 11.9 Å².